The van der Waals surface area contributed by atoms with Crippen molar-refractivity contribution in [3.05, 3.63) is 63.7 Å². The van der Waals surface area contributed by atoms with Gasteiger partial charge in [0.05, 0.1) is 24.0 Å². The summed E-state index contributed by atoms with van der Waals surface area (Å²) in [6, 6.07) is 11.2. The van der Waals surface area contributed by atoms with Crippen molar-refractivity contribution >= 4 is 11.5 Å². The normalized spacial score (nSPS) is 16.6. The summed E-state index contributed by atoms with van der Waals surface area (Å²) in [5.41, 5.74) is 1.09. The van der Waals surface area contributed by atoms with Gasteiger partial charge in [-0.15, -0.1) is 0 Å². The number of Topliss-reactive ketones (excluding diaryl/α,β-unsaturated/α-hetero) is 1. The third-order valence-electron chi connectivity index (χ3n) is 3.58. The zero-order valence-electron chi connectivity index (χ0n) is 11.8. The zero-order chi connectivity index (χ0) is 15.7. The van der Waals surface area contributed by atoms with E-state index in [1.165, 1.54) is 19.2 Å². The molecule has 0 spiro atoms. The second kappa shape index (κ2) is 5.48. The standard InChI is InChI=1S/C16H13NO5/c1-21-12-5-6-13-14(18)9-15(22-16(13)8-12)10-3-2-4-11(7-10)17(19)20/h2-8,15H,9H2,1H3. The highest BCUT2D eigenvalue weighted by Gasteiger charge is 2.28. The van der Waals surface area contributed by atoms with Crippen LogP contribution in [0.15, 0.2) is 42.5 Å². The van der Waals surface area contributed by atoms with Gasteiger partial charge in [0, 0.05) is 18.2 Å². The smallest absolute Gasteiger partial charge is 0.269 e. The fourth-order valence-corrected chi connectivity index (χ4v) is 2.46. The summed E-state index contributed by atoms with van der Waals surface area (Å²) in [7, 11) is 1.53. The first-order valence-electron chi connectivity index (χ1n) is 6.70. The molecule has 2 aromatic carbocycles. The maximum atomic E-state index is 12.2. The molecule has 1 aliphatic rings. The number of rotatable bonds is 3. The number of nitrogens with zero attached hydrogens (tertiary/aromatic N) is 1. The van der Waals surface area contributed by atoms with Crippen molar-refractivity contribution in [3.63, 3.8) is 0 Å². The molecule has 0 saturated carbocycles. The summed E-state index contributed by atoms with van der Waals surface area (Å²) in [4.78, 5) is 22.6. The molecule has 0 aromatic heterocycles. The molecule has 1 heterocycles. The van der Waals surface area contributed by atoms with Gasteiger partial charge in [-0.3, -0.25) is 14.9 Å². The number of nitro groups is 1. The van der Waals surface area contributed by atoms with Gasteiger partial charge in [0.25, 0.3) is 5.69 Å². The lowest BCUT2D eigenvalue weighted by Crippen LogP contribution is -2.20. The highest BCUT2D eigenvalue weighted by Crippen LogP contribution is 2.37. The Kier molecular flexibility index (Phi) is 3.50. The lowest BCUT2D eigenvalue weighted by Gasteiger charge is -2.25. The minimum absolute atomic E-state index is 0.0232. The summed E-state index contributed by atoms with van der Waals surface area (Å²) in [5.74, 6) is 0.971. The number of carbonyl (C=O) groups is 1. The van der Waals surface area contributed by atoms with E-state index in [9.17, 15) is 14.9 Å². The van der Waals surface area contributed by atoms with Gasteiger partial charge in [-0.05, 0) is 17.7 Å². The summed E-state index contributed by atoms with van der Waals surface area (Å²) in [6.45, 7) is 0. The molecule has 0 aliphatic carbocycles. The second-order valence-electron chi connectivity index (χ2n) is 4.95. The number of ether oxygens (including phenoxy) is 2. The number of hydrogen-bond acceptors (Lipinski definition) is 5. The summed E-state index contributed by atoms with van der Waals surface area (Å²) >= 11 is 0. The second-order valence-corrected chi connectivity index (χ2v) is 4.95. The van der Waals surface area contributed by atoms with Gasteiger partial charge in [0.2, 0.25) is 0 Å². The molecule has 0 bridgehead atoms. The minimum atomic E-state index is -0.535. The molecule has 0 amide bonds. The van der Waals surface area contributed by atoms with Crippen LogP contribution in [0.5, 0.6) is 11.5 Å². The Balaban J connectivity index is 1.96. The number of carbonyl (C=O) groups excluding carboxylic acids is 1. The molecule has 0 saturated heterocycles. The van der Waals surface area contributed by atoms with Crippen LogP contribution in [0.2, 0.25) is 0 Å². The molecular weight excluding hydrogens is 286 g/mol. The van der Waals surface area contributed by atoms with Crippen LogP contribution in [0, 0.1) is 10.1 Å². The molecule has 6 heteroatoms. The van der Waals surface area contributed by atoms with Crippen molar-refractivity contribution in [2.24, 2.45) is 0 Å². The Bertz CT molecular complexity index is 756. The van der Waals surface area contributed by atoms with Crippen molar-refractivity contribution in [3.8, 4) is 11.5 Å². The highest BCUT2D eigenvalue weighted by atomic mass is 16.6. The van der Waals surface area contributed by atoms with E-state index in [1.54, 1.807) is 30.3 Å². The Morgan fingerprint density at radius 3 is 2.82 bits per heavy atom. The molecule has 1 atom stereocenters. The van der Waals surface area contributed by atoms with Crippen molar-refractivity contribution < 1.29 is 19.2 Å². The van der Waals surface area contributed by atoms with E-state index in [4.69, 9.17) is 9.47 Å². The number of hydrogen-bond donors (Lipinski definition) is 0. The molecule has 2 aromatic rings. The molecule has 1 aliphatic heterocycles. The molecule has 112 valence electrons. The molecule has 0 radical (unpaired) electrons. The van der Waals surface area contributed by atoms with Crippen LogP contribution in [0.25, 0.3) is 0 Å². The van der Waals surface area contributed by atoms with Gasteiger partial charge in [-0.1, -0.05) is 12.1 Å². The number of non-ortho nitro benzene ring substituents is 1. The average molecular weight is 299 g/mol. The van der Waals surface area contributed by atoms with Crippen LogP contribution in [-0.4, -0.2) is 17.8 Å². The molecule has 0 N–H and O–H groups in total. The summed E-state index contributed by atoms with van der Waals surface area (Å²) in [5, 5.41) is 10.9. The van der Waals surface area contributed by atoms with Gasteiger partial charge >= 0.3 is 0 Å². The Hall–Kier alpha value is -2.89. The van der Waals surface area contributed by atoms with Crippen LogP contribution in [-0.2, 0) is 0 Å². The Morgan fingerprint density at radius 2 is 2.09 bits per heavy atom. The van der Waals surface area contributed by atoms with E-state index < -0.39 is 11.0 Å². The van der Waals surface area contributed by atoms with Crippen molar-refractivity contribution in [2.45, 2.75) is 12.5 Å². The number of fused-ring (bicyclic) bond motifs is 1. The monoisotopic (exact) mass is 299 g/mol. The van der Waals surface area contributed by atoms with Crippen LogP contribution < -0.4 is 9.47 Å². The van der Waals surface area contributed by atoms with E-state index >= 15 is 0 Å². The third kappa shape index (κ3) is 2.50. The predicted octanol–water partition coefficient (Wildman–Crippen LogP) is 3.31. The average Bonchev–Trinajstić information content (AvgIpc) is 2.54. The highest BCUT2D eigenvalue weighted by molar-refractivity contribution is 6.00. The first-order chi connectivity index (χ1) is 10.6. The van der Waals surface area contributed by atoms with Crippen LogP contribution in [0.4, 0.5) is 5.69 Å². The minimum Gasteiger partial charge on any atom is -0.497 e. The lowest BCUT2D eigenvalue weighted by molar-refractivity contribution is -0.385. The number of ketones is 1. The Labute approximate surface area is 126 Å². The number of benzene rings is 2. The Morgan fingerprint density at radius 1 is 1.27 bits per heavy atom. The summed E-state index contributed by atoms with van der Waals surface area (Å²) in [6.07, 6.45) is -0.382. The van der Waals surface area contributed by atoms with E-state index in [0.29, 0.717) is 22.6 Å². The fourth-order valence-electron chi connectivity index (χ4n) is 2.46. The maximum absolute atomic E-state index is 12.2. The van der Waals surface area contributed by atoms with Crippen molar-refractivity contribution in [1.29, 1.82) is 0 Å². The molecule has 3 rings (SSSR count). The molecule has 22 heavy (non-hydrogen) atoms. The van der Waals surface area contributed by atoms with E-state index in [0.717, 1.165) is 0 Å². The van der Waals surface area contributed by atoms with Crippen molar-refractivity contribution in [2.75, 3.05) is 7.11 Å². The number of methoxy groups -OCH3 is 1. The van der Waals surface area contributed by atoms with E-state index in [2.05, 4.69) is 0 Å². The van der Waals surface area contributed by atoms with Gasteiger partial charge in [-0.2, -0.15) is 0 Å². The number of nitro benzene ring substituents is 1. The van der Waals surface area contributed by atoms with Crippen LogP contribution >= 0.6 is 0 Å². The van der Waals surface area contributed by atoms with Crippen LogP contribution in [0.1, 0.15) is 28.4 Å². The fraction of sp³-hybridized carbons (Fsp3) is 0.188. The van der Waals surface area contributed by atoms with E-state index in [-0.39, 0.29) is 17.9 Å². The molecule has 1 unspecified atom stereocenters. The summed E-state index contributed by atoms with van der Waals surface area (Å²) < 4.78 is 11.0. The largest absolute Gasteiger partial charge is 0.497 e. The molecule has 0 fully saturated rings. The lowest BCUT2D eigenvalue weighted by atomic mass is 9.96. The van der Waals surface area contributed by atoms with Gasteiger partial charge in [-0.25, -0.2) is 0 Å². The SMILES string of the molecule is COc1ccc2c(c1)OC(c1cccc([N+](=O)[O-])c1)CC2=O. The van der Waals surface area contributed by atoms with Gasteiger partial charge in [0.1, 0.15) is 17.6 Å². The van der Waals surface area contributed by atoms with E-state index in [1.807, 2.05) is 0 Å². The van der Waals surface area contributed by atoms with Gasteiger partial charge < -0.3 is 9.47 Å². The zero-order valence-corrected chi connectivity index (χ0v) is 11.8. The van der Waals surface area contributed by atoms with Gasteiger partial charge in [0.15, 0.2) is 5.78 Å². The first kappa shape index (κ1) is 14.1. The van der Waals surface area contributed by atoms with Crippen LogP contribution in [0.3, 0.4) is 0 Å². The maximum Gasteiger partial charge on any atom is 0.269 e. The third-order valence-corrected chi connectivity index (χ3v) is 3.58. The topological polar surface area (TPSA) is 78.7 Å². The van der Waals surface area contributed by atoms with Crippen molar-refractivity contribution in [1.82, 2.24) is 0 Å². The molecule has 6 nitrogen and oxygen atoms in total. The first-order valence-corrected chi connectivity index (χ1v) is 6.70. The predicted molar refractivity (Wildman–Crippen MR) is 78.4 cm³/mol. The quantitative estimate of drug-likeness (QED) is 0.641. The molecular formula is C16H13NO5.